The number of nitrogens with zero attached hydrogens (tertiary/aromatic N) is 1. The maximum absolute atomic E-state index is 11.5. The van der Waals surface area contributed by atoms with Gasteiger partial charge in [-0.05, 0) is 34.7 Å². The lowest BCUT2D eigenvalue weighted by molar-refractivity contribution is 0.101. The summed E-state index contributed by atoms with van der Waals surface area (Å²) in [5, 5.41) is 8.75. The third kappa shape index (κ3) is 2.61. The van der Waals surface area contributed by atoms with Crippen molar-refractivity contribution < 1.29 is 9.53 Å². The van der Waals surface area contributed by atoms with E-state index in [4.69, 9.17) is 21.6 Å². The van der Waals surface area contributed by atoms with E-state index in [0.29, 0.717) is 20.4 Å². The number of halogens is 2. The number of Topliss-reactive ketones (excluding diaryl/α,β-unsaturated/α-hetero) is 1. The molecular weight excluding hydrogens is 328 g/mol. The predicted octanol–water partition coefficient (Wildman–Crippen LogP) is 2.59. The van der Waals surface area contributed by atoms with Crippen molar-refractivity contribution in [3.8, 4) is 11.8 Å². The molecule has 0 atom stereocenters. The number of carbonyl (C=O) groups is 1. The molecule has 0 N–H and O–H groups in total. The highest BCUT2D eigenvalue weighted by atomic mass is 127. The molecule has 3 nitrogen and oxygen atoms in total. The molecule has 1 aromatic rings. The molecule has 0 saturated carbocycles. The number of methoxy groups -OCH3 is 1. The lowest BCUT2D eigenvalue weighted by atomic mass is 10.1. The molecule has 15 heavy (non-hydrogen) atoms. The van der Waals surface area contributed by atoms with E-state index >= 15 is 0 Å². The number of nitriles is 1. The van der Waals surface area contributed by atoms with Crippen LogP contribution in [0.5, 0.6) is 5.75 Å². The van der Waals surface area contributed by atoms with Gasteiger partial charge in [-0.3, -0.25) is 4.79 Å². The molecule has 0 unspecified atom stereocenters. The van der Waals surface area contributed by atoms with E-state index in [2.05, 4.69) is 0 Å². The van der Waals surface area contributed by atoms with Crippen molar-refractivity contribution >= 4 is 40.0 Å². The standard InChI is InChI=1S/C10H7ClINO2/c1-15-9-3-6(5-13)2-7(12)10(9)8(14)4-11/h2-3H,4H2,1H3. The minimum absolute atomic E-state index is 0.0989. The normalized spacial score (nSPS) is 9.47. The highest BCUT2D eigenvalue weighted by Crippen LogP contribution is 2.26. The summed E-state index contributed by atoms with van der Waals surface area (Å²) < 4.78 is 5.73. The summed E-state index contributed by atoms with van der Waals surface area (Å²) in [7, 11) is 1.46. The van der Waals surface area contributed by atoms with Crippen molar-refractivity contribution in [1.29, 1.82) is 5.26 Å². The minimum Gasteiger partial charge on any atom is -0.496 e. The third-order valence-corrected chi connectivity index (χ3v) is 2.90. The third-order valence-electron chi connectivity index (χ3n) is 1.80. The van der Waals surface area contributed by atoms with Gasteiger partial charge in [-0.25, -0.2) is 0 Å². The largest absolute Gasteiger partial charge is 0.496 e. The Morgan fingerprint density at radius 3 is 2.80 bits per heavy atom. The molecule has 0 aliphatic rings. The molecule has 78 valence electrons. The van der Waals surface area contributed by atoms with Gasteiger partial charge in [0.05, 0.1) is 30.2 Å². The van der Waals surface area contributed by atoms with Gasteiger partial charge in [-0.1, -0.05) is 0 Å². The van der Waals surface area contributed by atoms with Crippen molar-refractivity contribution in [2.75, 3.05) is 13.0 Å². The van der Waals surface area contributed by atoms with Gasteiger partial charge < -0.3 is 4.74 Å². The Bertz CT molecular complexity index is 440. The molecule has 1 aromatic carbocycles. The number of benzene rings is 1. The van der Waals surface area contributed by atoms with Gasteiger partial charge in [-0.15, -0.1) is 11.6 Å². The number of carbonyl (C=O) groups excluding carboxylic acids is 1. The molecule has 1 rings (SSSR count). The van der Waals surface area contributed by atoms with Crippen molar-refractivity contribution in [2.45, 2.75) is 0 Å². The van der Waals surface area contributed by atoms with E-state index in [9.17, 15) is 4.79 Å². The Kier molecular flexibility index (Phi) is 4.36. The summed E-state index contributed by atoms with van der Waals surface area (Å²) in [6.07, 6.45) is 0. The van der Waals surface area contributed by atoms with Gasteiger partial charge in [0.1, 0.15) is 5.75 Å². The second kappa shape index (κ2) is 5.33. The van der Waals surface area contributed by atoms with Crippen LogP contribution in [0.4, 0.5) is 0 Å². The SMILES string of the molecule is COc1cc(C#N)cc(I)c1C(=O)CCl. The van der Waals surface area contributed by atoms with Crippen LogP contribution in [0.1, 0.15) is 15.9 Å². The Hall–Kier alpha value is -0.800. The Morgan fingerprint density at radius 2 is 2.33 bits per heavy atom. The molecule has 0 fully saturated rings. The highest BCUT2D eigenvalue weighted by molar-refractivity contribution is 14.1. The Labute approximate surface area is 106 Å². The number of hydrogen-bond donors (Lipinski definition) is 0. The van der Waals surface area contributed by atoms with Crippen LogP contribution in [0.15, 0.2) is 12.1 Å². The van der Waals surface area contributed by atoms with Gasteiger partial charge in [0.25, 0.3) is 0 Å². The predicted molar refractivity (Wildman–Crippen MR) is 65.5 cm³/mol. The van der Waals surface area contributed by atoms with E-state index in [0.717, 1.165) is 0 Å². The van der Waals surface area contributed by atoms with Crippen LogP contribution in [-0.2, 0) is 0 Å². The molecule has 0 saturated heterocycles. The zero-order valence-corrected chi connectivity index (χ0v) is 10.8. The van der Waals surface area contributed by atoms with E-state index in [-0.39, 0.29) is 11.7 Å². The van der Waals surface area contributed by atoms with E-state index in [1.807, 2.05) is 28.7 Å². The summed E-state index contributed by atoms with van der Waals surface area (Å²) in [5.41, 5.74) is 0.898. The van der Waals surface area contributed by atoms with Crippen molar-refractivity contribution in [3.05, 3.63) is 26.8 Å². The van der Waals surface area contributed by atoms with Crippen LogP contribution < -0.4 is 4.74 Å². The minimum atomic E-state index is -0.206. The number of alkyl halides is 1. The van der Waals surface area contributed by atoms with Crippen LogP contribution in [0, 0.1) is 14.9 Å². The fraction of sp³-hybridized carbons (Fsp3) is 0.200. The van der Waals surface area contributed by atoms with Crippen molar-refractivity contribution in [1.82, 2.24) is 0 Å². The molecule has 0 bridgehead atoms. The molecule has 0 aromatic heterocycles. The number of hydrogen-bond acceptors (Lipinski definition) is 3. The maximum Gasteiger partial charge on any atom is 0.182 e. The van der Waals surface area contributed by atoms with Crippen LogP contribution >= 0.6 is 34.2 Å². The van der Waals surface area contributed by atoms with E-state index in [1.165, 1.54) is 13.2 Å². The second-order valence-electron chi connectivity index (χ2n) is 2.70. The number of ether oxygens (including phenoxy) is 1. The quantitative estimate of drug-likeness (QED) is 0.485. The molecular formula is C10H7ClINO2. The fourth-order valence-corrected chi connectivity index (χ4v) is 2.18. The van der Waals surface area contributed by atoms with Crippen LogP contribution in [0.25, 0.3) is 0 Å². The molecule has 0 radical (unpaired) electrons. The number of ketones is 1. The molecule has 0 heterocycles. The zero-order valence-electron chi connectivity index (χ0n) is 7.88. The first-order valence-corrected chi connectivity index (χ1v) is 5.62. The average molecular weight is 336 g/mol. The molecule has 0 aliphatic carbocycles. The van der Waals surface area contributed by atoms with Crippen molar-refractivity contribution in [3.63, 3.8) is 0 Å². The first-order chi connectivity index (χ1) is 7.13. The zero-order chi connectivity index (χ0) is 11.4. The van der Waals surface area contributed by atoms with Gasteiger partial charge in [0.15, 0.2) is 5.78 Å². The first-order valence-electron chi connectivity index (χ1n) is 4.00. The number of rotatable bonds is 3. The fourth-order valence-electron chi connectivity index (χ4n) is 1.14. The summed E-state index contributed by atoms with van der Waals surface area (Å²) in [5.74, 6) is 0.0876. The molecule has 0 spiro atoms. The van der Waals surface area contributed by atoms with Crippen LogP contribution in [0.3, 0.4) is 0 Å². The smallest absolute Gasteiger partial charge is 0.182 e. The lowest BCUT2D eigenvalue weighted by Gasteiger charge is -2.08. The van der Waals surface area contributed by atoms with Gasteiger partial charge in [0, 0.05) is 3.57 Å². The average Bonchev–Trinajstić information content (AvgIpc) is 2.26. The molecule has 0 aliphatic heterocycles. The topological polar surface area (TPSA) is 50.1 Å². The highest BCUT2D eigenvalue weighted by Gasteiger charge is 2.16. The summed E-state index contributed by atoms with van der Waals surface area (Å²) >= 11 is 7.47. The Balaban J connectivity index is 3.39. The van der Waals surface area contributed by atoms with E-state index < -0.39 is 0 Å². The van der Waals surface area contributed by atoms with Crippen LogP contribution in [-0.4, -0.2) is 18.8 Å². The van der Waals surface area contributed by atoms with Crippen LogP contribution in [0.2, 0.25) is 0 Å². The Morgan fingerprint density at radius 1 is 1.67 bits per heavy atom. The lowest BCUT2D eigenvalue weighted by Crippen LogP contribution is -2.06. The second-order valence-corrected chi connectivity index (χ2v) is 4.13. The van der Waals surface area contributed by atoms with E-state index in [1.54, 1.807) is 6.07 Å². The van der Waals surface area contributed by atoms with Crippen molar-refractivity contribution in [2.24, 2.45) is 0 Å². The monoisotopic (exact) mass is 335 g/mol. The van der Waals surface area contributed by atoms with Gasteiger partial charge in [0.2, 0.25) is 0 Å². The summed E-state index contributed by atoms with van der Waals surface area (Å²) in [6.45, 7) is 0. The summed E-state index contributed by atoms with van der Waals surface area (Å²) in [6, 6.07) is 5.16. The molecule has 5 heteroatoms. The molecule has 0 amide bonds. The maximum atomic E-state index is 11.5. The first kappa shape index (κ1) is 12.3. The summed E-state index contributed by atoms with van der Waals surface area (Å²) in [4.78, 5) is 11.5. The van der Waals surface area contributed by atoms with Gasteiger partial charge >= 0.3 is 0 Å². The van der Waals surface area contributed by atoms with Gasteiger partial charge in [-0.2, -0.15) is 5.26 Å².